The van der Waals surface area contributed by atoms with Crippen LogP contribution in [0, 0.1) is 6.92 Å². The summed E-state index contributed by atoms with van der Waals surface area (Å²) in [5, 5.41) is 0. The SMILES string of the molecule is Cc1ccc2c(c1)C1(CCCC1)c1cc(C(CCCCCS(=O)(=O)O)(c3ccc(-c4ccc(-c5ccc(-c6ccc(C(C)(CCCCCS(=O)(=O)O)C(F)(F)F)cc6)cc5)cc4)cc3)C(F)(F)F)ccc1-2. The molecule has 8 rings (SSSR count). The third-order valence-electron chi connectivity index (χ3n) is 15.3. The average Bonchev–Trinajstić information content (AvgIpc) is 3.92. The Morgan fingerprint density at radius 1 is 0.465 bits per heavy atom. The minimum atomic E-state index is -4.73. The van der Waals surface area contributed by atoms with Gasteiger partial charge in [0.2, 0.25) is 0 Å². The lowest BCUT2D eigenvalue weighted by atomic mass is 9.68. The predicted octanol–water partition coefficient (Wildman–Crippen LogP) is 15.4. The summed E-state index contributed by atoms with van der Waals surface area (Å²) in [6, 6.07) is 39.6. The minimum absolute atomic E-state index is 0.0334. The van der Waals surface area contributed by atoms with Crippen molar-refractivity contribution in [1.29, 1.82) is 0 Å². The number of alkyl halides is 6. The first kappa shape index (κ1) is 52.1. The van der Waals surface area contributed by atoms with Gasteiger partial charge in [0.25, 0.3) is 20.2 Å². The summed E-state index contributed by atoms with van der Waals surface area (Å²) < 4.78 is 155. The summed E-state index contributed by atoms with van der Waals surface area (Å²) in [5.74, 6) is -1.02. The molecule has 0 amide bonds. The zero-order valence-electron chi connectivity index (χ0n) is 39.7. The molecule has 1 fully saturated rings. The van der Waals surface area contributed by atoms with E-state index < -0.39 is 54.9 Å². The van der Waals surface area contributed by atoms with E-state index in [9.17, 15) is 34.6 Å². The molecule has 2 aliphatic rings. The first-order valence-electron chi connectivity index (χ1n) is 24.2. The maximum atomic E-state index is 16.2. The highest BCUT2D eigenvalue weighted by Crippen LogP contribution is 2.59. The van der Waals surface area contributed by atoms with Gasteiger partial charge in [-0.2, -0.15) is 43.2 Å². The molecule has 2 aliphatic carbocycles. The van der Waals surface area contributed by atoms with Crippen LogP contribution in [0.1, 0.15) is 117 Å². The van der Waals surface area contributed by atoms with Gasteiger partial charge < -0.3 is 0 Å². The first-order chi connectivity index (χ1) is 33.4. The predicted molar refractivity (Wildman–Crippen MR) is 269 cm³/mol. The maximum absolute atomic E-state index is 16.2. The van der Waals surface area contributed by atoms with Crippen molar-refractivity contribution in [3.63, 3.8) is 0 Å². The fourth-order valence-electron chi connectivity index (χ4n) is 11.2. The van der Waals surface area contributed by atoms with Crippen LogP contribution >= 0.6 is 0 Å². The molecule has 376 valence electrons. The van der Waals surface area contributed by atoms with E-state index in [0.29, 0.717) is 5.56 Å². The number of aryl methyl sites for hydroxylation is 1. The molecule has 0 aromatic heterocycles. The molecule has 14 heteroatoms. The first-order valence-corrected chi connectivity index (χ1v) is 27.4. The normalized spacial score (nSPS) is 16.4. The van der Waals surface area contributed by atoms with Crippen LogP contribution in [0.2, 0.25) is 0 Å². The molecule has 0 aliphatic heterocycles. The Hall–Kier alpha value is -5.28. The van der Waals surface area contributed by atoms with Crippen LogP contribution in [0.5, 0.6) is 0 Å². The number of hydrogen-bond acceptors (Lipinski definition) is 4. The van der Waals surface area contributed by atoms with Crippen molar-refractivity contribution in [1.82, 2.24) is 0 Å². The Labute approximate surface area is 413 Å². The molecule has 2 unspecified atom stereocenters. The van der Waals surface area contributed by atoms with Crippen molar-refractivity contribution in [3.8, 4) is 44.5 Å². The highest BCUT2D eigenvalue weighted by Gasteiger charge is 2.57. The van der Waals surface area contributed by atoms with Gasteiger partial charge in [0.15, 0.2) is 0 Å². The minimum Gasteiger partial charge on any atom is -0.286 e. The Bertz CT molecular complexity index is 3070. The molecule has 1 spiro atoms. The van der Waals surface area contributed by atoms with Gasteiger partial charge in [0, 0.05) is 5.41 Å². The summed E-state index contributed by atoms with van der Waals surface area (Å²) in [4.78, 5) is 0. The third kappa shape index (κ3) is 10.8. The lowest BCUT2D eigenvalue weighted by Gasteiger charge is -2.38. The van der Waals surface area contributed by atoms with Gasteiger partial charge in [-0.1, -0.05) is 178 Å². The monoisotopic (exact) mass is 1020 g/mol. The van der Waals surface area contributed by atoms with Gasteiger partial charge in [0.05, 0.1) is 16.9 Å². The topological polar surface area (TPSA) is 109 Å². The van der Waals surface area contributed by atoms with E-state index in [1.54, 1.807) is 48.5 Å². The second-order valence-electron chi connectivity index (χ2n) is 19.8. The van der Waals surface area contributed by atoms with Crippen molar-refractivity contribution in [2.45, 2.75) is 119 Å². The largest absolute Gasteiger partial charge is 0.402 e. The summed E-state index contributed by atoms with van der Waals surface area (Å²) in [6.45, 7) is 3.18. The van der Waals surface area contributed by atoms with Crippen LogP contribution in [-0.4, -0.2) is 49.8 Å². The van der Waals surface area contributed by atoms with Gasteiger partial charge >= 0.3 is 12.4 Å². The van der Waals surface area contributed by atoms with E-state index in [0.717, 1.165) is 82.7 Å². The van der Waals surface area contributed by atoms with Crippen molar-refractivity contribution in [2.75, 3.05) is 11.5 Å². The van der Waals surface area contributed by atoms with Gasteiger partial charge in [-0.25, -0.2) is 0 Å². The molecule has 71 heavy (non-hydrogen) atoms. The Balaban J connectivity index is 1.03. The zero-order valence-corrected chi connectivity index (χ0v) is 41.3. The molecule has 1 saturated carbocycles. The molecule has 0 radical (unpaired) electrons. The number of rotatable bonds is 18. The van der Waals surface area contributed by atoms with Crippen molar-refractivity contribution in [3.05, 3.63) is 167 Å². The second-order valence-corrected chi connectivity index (χ2v) is 23.0. The summed E-state index contributed by atoms with van der Waals surface area (Å²) in [5.41, 5.74) is 5.44. The smallest absolute Gasteiger partial charge is 0.286 e. The van der Waals surface area contributed by atoms with Crippen molar-refractivity contribution < 1.29 is 52.3 Å². The van der Waals surface area contributed by atoms with Crippen LogP contribution in [0.15, 0.2) is 133 Å². The van der Waals surface area contributed by atoms with Crippen LogP contribution in [0.25, 0.3) is 44.5 Å². The zero-order chi connectivity index (χ0) is 51.0. The molecule has 6 nitrogen and oxygen atoms in total. The second kappa shape index (κ2) is 20.0. The number of unbranched alkanes of at least 4 members (excludes halogenated alkanes) is 4. The van der Waals surface area contributed by atoms with E-state index >= 15 is 13.2 Å². The van der Waals surface area contributed by atoms with E-state index in [1.807, 2.05) is 67.6 Å². The molecule has 6 aromatic rings. The summed E-state index contributed by atoms with van der Waals surface area (Å²) in [6.07, 6.45) is -5.46. The fraction of sp³-hybridized carbons (Fsp3) is 0.368. The van der Waals surface area contributed by atoms with E-state index in [-0.39, 0.29) is 73.5 Å². The van der Waals surface area contributed by atoms with Gasteiger partial charge in [-0.15, -0.1) is 0 Å². The van der Waals surface area contributed by atoms with Crippen LogP contribution in [0.4, 0.5) is 26.3 Å². The molecule has 2 atom stereocenters. The molecular weight excluding hydrogens is 959 g/mol. The summed E-state index contributed by atoms with van der Waals surface area (Å²) >= 11 is 0. The molecular formula is C57H58F6O6S2. The molecule has 0 saturated heterocycles. The lowest BCUT2D eigenvalue weighted by Crippen LogP contribution is -2.43. The average molecular weight is 1020 g/mol. The number of halogens is 6. The van der Waals surface area contributed by atoms with Crippen LogP contribution in [-0.2, 0) is 36.5 Å². The van der Waals surface area contributed by atoms with E-state index in [1.165, 1.54) is 17.7 Å². The van der Waals surface area contributed by atoms with E-state index in [4.69, 9.17) is 4.55 Å². The highest BCUT2D eigenvalue weighted by atomic mass is 32.2. The number of benzene rings is 6. The van der Waals surface area contributed by atoms with E-state index in [2.05, 4.69) is 12.1 Å². The molecule has 0 bridgehead atoms. The van der Waals surface area contributed by atoms with Gasteiger partial charge in [0.1, 0.15) is 5.41 Å². The number of hydrogen-bond donors (Lipinski definition) is 2. The molecule has 0 heterocycles. The standard InChI is InChI=1S/C57H58F6O6S2/c1-39-11-29-49-50-30-28-48(38-52(50)54(51(49)37-39)32-7-8-33-54)55(57(61,62)63,34-6-4-10-36-71(67,68)69)47-26-22-45(23-27-47)43-18-14-41(15-19-43)40-12-16-42(17-13-40)44-20-24-46(25-21-44)53(2,56(58,59)60)31-5-3-9-35-70(64,65)66/h11-30,37-38H,3-10,31-36H2,1-2H3,(H,64,65,66)(H,67,68,69). The third-order valence-corrected chi connectivity index (χ3v) is 16.9. The van der Waals surface area contributed by atoms with Gasteiger partial charge in [-0.05, 0) is 125 Å². The van der Waals surface area contributed by atoms with Gasteiger partial charge in [-0.3, -0.25) is 9.11 Å². The van der Waals surface area contributed by atoms with Crippen LogP contribution < -0.4 is 0 Å². The maximum Gasteiger partial charge on any atom is 0.402 e. The highest BCUT2D eigenvalue weighted by molar-refractivity contribution is 7.86. The number of fused-ring (bicyclic) bond motifs is 5. The van der Waals surface area contributed by atoms with Crippen LogP contribution in [0.3, 0.4) is 0 Å². The quantitative estimate of drug-likeness (QED) is 0.0504. The fourth-order valence-corrected chi connectivity index (χ4v) is 12.4. The summed E-state index contributed by atoms with van der Waals surface area (Å²) in [7, 11) is -8.44. The Morgan fingerprint density at radius 3 is 1.27 bits per heavy atom. The Morgan fingerprint density at radius 2 is 0.845 bits per heavy atom. The van der Waals surface area contributed by atoms with Crippen molar-refractivity contribution >= 4 is 20.2 Å². The molecule has 6 aromatic carbocycles. The Kier molecular flexibility index (Phi) is 14.6. The lowest BCUT2D eigenvalue weighted by molar-refractivity contribution is -0.188. The van der Waals surface area contributed by atoms with Crippen molar-refractivity contribution in [2.24, 2.45) is 0 Å². The molecule has 2 N–H and O–H groups in total.